The van der Waals surface area contributed by atoms with Gasteiger partial charge in [-0.25, -0.2) is 0 Å². The first-order chi connectivity index (χ1) is 9.17. The van der Waals surface area contributed by atoms with Crippen molar-refractivity contribution < 1.29 is 9.21 Å². The van der Waals surface area contributed by atoms with Gasteiger partial charge in [-0.2, -0.15) is 0 Å². The molecule has 3 nitrogen and oxygen atoms in total. The van der Waals surface area contributed by atoms with E-state index in [0.717, 1.165) is 12.1 Å². The Kier molecular flexibility index (Phi) is 4.58. The molecule has 1 amide bonds. The van der Waals surface area contributed by atoms with E-state index >= 15 is 0 Å². The lowest BCUT2D eigenvalue weighted by molar-refractivity contribution is -0.111. The molecule has 0 spiro atoms. The molecule has 0 unspecified atom stereocenters. The van der Waals surface area contributed by atoms with E-state index in [1.807, 2.05) is 24.3 Å². The largest absolute Gasteiger partial charge is 0.450 e. The quantitative estimate of drug-likeness (QED) is 0.856. The summed E-state index contributed by atoms with van der Waals surface area (Å²) in [6.45, 7) is 2.08. The molecule has 19 heavy (non-hydrogen) atoms. The second-order valence-corrected chi connectivity index (χ2v) is 4.80. The van der Waals surface area contributed by atoms with Gasteiger partial charge < -0.3 is 9.73 Å². The molecule has 0 aliphatic carbocycles. The molecule has 0 saturated carbocycles. The highest BCUT2D eigenvalue weighted by atomic mass is 79.9. The highest BCUT2D eigenvalue weighted by Crippen LogP contribution is 2.15. The lowest BCUT2D eigenvalue weighted by Gasteiger charge is -2.03. The van der Waals surface area contributed by atoms with Crippen molar-refractivity contribution >= 4 is 33.6 Å². The Morgan fingerprint density at radius 2 is 2.21 bits per heavy atom. The average Bonchev–Trinajstić information content (AvgIpc) is 2.82. The minimum Gasteiger partial charge on any atom is -0.450 e. The van der Waals surface area contributed by atoms with E-state index in [2.05, 4.69) is 28.2 Å². The number of nitrogens with one attached hydrogen (secondary N) is 1. The smallest absolute Gasteiger partial charge is 0.248 e. The van der Waals surface area contributed by atoms with Gasteiger partial charge in [-0.15, -0.1) is 0 Å². The molecule has 0 bridgehead atoms. The van der Waals surface area contributed by atoms with Gasteiger partial charge in [0, 0.05) is 11.8 Å². The standard InChI is InChI=1S/C15H14BrNO2/c1-2-11-4-3-5-12(10-11)17-15(18)9-7-13-6-8-14(16)19-13/h3-10H,2H2,1H3,(H,17,18)/b9-7+. The van der Waals surface area contributed by atoms with Crippen molar-refractivity contribution in [3.05, 3.63) is 58.5 Å². The van der Waals surface area contributed by atoms with Gasteiger partial charge >= 0.3 is 0 Å². The molecule has 1 aromatic heterocycles. The molecule has 1 heterocycles. The van der Waals surface area contributed by atoms with Crippen LogP contribution in [-0.2, 0) is 11.2 Å². The van der Waals surface area contributed by atoms with Crippen LogP contribution < -0.4 is 5.32 Å². The summed E-state index contributed by atoms with van der Waals surface area (Å²) in [4.78, 5) is 11.7. The maximum atomic E-state index is 11.7. The highest BCUT2D eigenvalue weighted by molar-refractivity contribution is 9.10. The molecule has 0 saturated heterocycles. The van der Waals surface area contributed by atoms with Crippen LogP contribution in [0.3, 0.4) is 0 Å². The average molecular weight is 320 g/mol. The number of benzene rings is 1. The van der Waals surface area contributed by atoms with Gasteiger partial charge in [0.1, 0.15) is 5.76 Å². The van der Waals surface area contributed by atoms with E-state index < -0.39 is 0 Å². The lowest BCUT2D eigenvalue weighted by Crippen LogP contribution is -2.07. The van der Waals surface area contributed by atoms with Crippen LogP contribution in [0, 0.1) is 0 Å². The second kappa shape index (κ2) is 6.38. The van der Waals surface area contributed by atoms with Crippen molar-refractivity contribution in [1.29, 1.82) is 0 Å². The fourth-order valence-corrected chi connectivity index (χ4v) is 1.95. The molecule has 98 valence electrons. The predicted molar refractivity (Wildman–Crippen MR) is 79.9 cm³/mol. The van der Waals surface area contributed by atoms with E-state index in [1.165, 1.54) is 11.6 Å². The van der Waals surface area contributed by atoms with E-state index in [1.54, 1.807) is 18.2 Å². The molecule has 0 aliphatic rings. The molecule has 2 aromatic rings. The van der Waals surface area contributed by atoms with Crippen molar-refractivity contribution in [2.45, 2.75) is 13.3 Å². The van der Waals surface area contributed by atoms with Gasteiger partial charge in [0.15, 0.2) is 4.67 Å². The van der Waals surface area contributed by atoms with Crippen LogP contribution in [0.25, 0.3) is 6.08 Å². The minimum absolute atomic E-state index is 0.180. The number of hydrogen-bond acceptors (Lipinski definition) is 2. The summed E-state index contributed by atoms with van der Waals surface area (Å²) in [5, 5.41) is 2.81. The number of halogens is 1. The van der Waals surface area contributed by atoms with E-state index in [9.17, 15) is 4.79 Å². The molecule has 0 aliphatic heterocycles. The Morgan fingerprint density at radius 1 is 1.37 bits per heavy atom. The topological polar surface area (TPSA) is 42.2 Å². The summed E-state index contributed by atoms with van der Waals surface area (Å²) < 4.78 is 5.91. The van der Waals surface area contributed by atoms with Crippen LogP contribution >= 0.6 is 15.9 Å². The molecular weight excluding hydrogens is 306 g/mol. The van der Waals surface area contributed by atoms with Crippen molar-refractivity contribution in [3.63, 3.8) is 0 Å². The molecule has 2 rings (SSSR count). The molecule has 1 aromatic carbocycles. The molecule has 1 N–H and O–H groups in total. The second-order valence-electron chi connectivity index (χ2n) is 4.02. The number of hydrogen-bond donors (Lipinski definition) is 1. The molecular formula is C15H14BrNO2. The zero-order valence-corrected chi connectivity index (χ0v) is 12.1. The normalized spacial score (nSPS) is 10.8. The van der Waals surface area contributed by atoms with E-state index in [-0.39, 0.29) is 5.91 Å². The first-order valence-corrected chi connectivity index (χ1v) is 6.80. The van der Waals surface area contributed by atoms with Gasteiger partial charge in [-0.1, -0.05) is 19.1 Å². The van der Waals surface area contributed by atoms with E-state index in [4.69, 9.17) is 4.42 Å². The number of rotatable bonds is 4. The summed E-state index contributed by atoms with van der Waals surface area (Å²) in [6.07, 6.45) is 4.02. The summed E-state index contributed by atoms with van der Waals surface area (Å²) in [5.41, 5.74) is 1.99. The number of carbonyl (C=O) groups is 1. The van der Waals surface area contributed by atoms with Gasteiger partial charge in [-0.3, -0.25) is 4.79 Å². The monoisotopic (exact) mass is 319 g/mol. The van der Waals surface area contributed by atoms with Crippen molar-refractivity contribution in [1.82, 2.24) is 0 Å². The minimum atomic E-state index is -0.180. The molecule has 0 radical (unpaired) electrons. The highest BCUT2D eigenvalue weighted by Gasteiger charge is 2.00. The van der Waals surface area contributed by atoms with Gasteiger partial charge in [0.25, 0.3) is 0 Å². The van der Waals surface area contributed by atoms with Crippen molar-refractivity contribution in [3.8, 4) is 0 Å². The van der Waals surface area contributed by atoms with Crippen LogP contribution in [-0.4, -0.2) is 5.91 Å². The lowest BCUT2D eigenvalue weighted by atomic mass is 10.1. The van der Waals surface area contributed by atoms with Gasteiger partial charge in [-0.05, 0) is 58.3 Å². The Bertz CT molecular complexity index is 602. The number of aryl methyl sites for hydroxylation is 1. The summed E-state index contributed by atoms with van der Waals surface area (Å²) >= 11 is 3.21. The fraction of sp³-hybridized carbons (Fsp3) is 0.133. The van der Waals surface area contributed by atoms with Crippen LogP contribution in [0.15, 0.2) is 51.6 Å². The van der Waals surface area contributed by atoms with E-state index in [0.29, 0.717) is 10.4 Å². The zero-order chi connectivity index (χ0) is 13.7. The Balaban J connectivity index is 1.99. The maximum absolute atomic E-state index is 11.7. The van der Waals surface area contributed by atoms with Gasteiger partial charge in [0.05, 0.1) is 0 Å². The number of anilines is 1. The number of furan rings is 1. The Labute approximate surface area is 120 Å². The third-order valence-electron chi connectivity index (χ3n) is 2.60. The van der Waals surface area contributed by atoms with Crippen LogP contribution in [0.2, 0.25) is 0 Å². The third-order valence-corrected chi connectivity index (χ3v) is 3.02. The predicted octanol–water partition coefficient (Wildman–Crippen LogP) is 4.26. The maximum Gasteiger partial charge on any atom is 0.248 e. The van der Waals surface area contributed by atoms with Gasteiger partial charge in [0.2, 0.25) is 5.91 Å². The van der Waals surface area contributed by atoms with Crippen molar-refractivity contribution in [2.24, 2.45) is 0 Å². The number of amides is 1. The summed E-state index contributed by atoms with van der Waals surface area (Å²) in [5.74, 6) is 0.449. The molecule has 4 heteroatoms. The fourth-order valence-electron chi connectivity index (χ4n) is 1.63. The summed E-state index contributed by atoms with van der Waals surface area (Å²) in [6, 6.07) is 11.4. The van der Waals surface area contributed by atoms with Crippen LogP contribution in [0.4, 0.5) is 5.69 Å². The molecule has 0 atom stereocenters. The first-order valence-electron chi connectivity index (χ1n) is 6.00. The Morgan fingerprint density at radius 3 is 2.89 bits per heavy atom. The molecule has 0 fully saturated rings. The summed E-state index contributed by atoms with van der Waals surface area (Å²) in [7, 11) is 0. The first kappa shape index (κ1) is 13.6. The Hall–Kier alpha value is -1.81. The van der Waals surface area contributed by atoms with Crippen LogP contribution in [0.1, 0.15) is 18.2 Å². The van der Waals surface area contributed by atoms with Crippen LogP contribution in [0.5, 0.6) is 0 Å². The number of carbonyl (C=O) groups excluding carboxylic acids is 1. The van der Waals surface area contributed by atoms with Crippen molar-refractivity contribution in [2.75, 3.05) is 5.32 Å². The third kappa shape index (κ3) is 4.10. The zero-order valence-electron chi connectivity index (χ0n) is 10.5. The SMILES string of the molecule is CCc1cccc(NC(=O)/C=C/c2ccc(Br)o2)c1.